The lowest BCUT2D eigenvalue weighted by Gasteiger charge is -2.26. The van der Waals surface area contributed by atoms with Crippen LogP contribution in [0, 0.1) is 27.7 Å². The number of nitrogens with zero attached hydrogens (tertiary/aromatic N) is 4. The molecule has 5 heterocycles. The predicted octanol–water partition coefficient (Wildman–Crippen LogP) is 20.4. The molecule has 0 radical (unpaired) electrons. The number of H-pyrrole nitrogens is 2. The van der Waals surface area contributed by atoms with Crippen LogP contribution < -0.4 is 9.80 Å². The number of hydrogen-bond donors (Lipinski definition) is 2. The number of hydrogen-bond acceptors (Lipinski definition) is 4. The van der Waals surface area contributed by atoms with Crippen LogP contribution >= 0.6 is 0 Å². The molecule has 0 atom stereocenters. The first kappa shape index (κ1) is 51.6. The molecule has 0 spiro atoms. The van der Waals surface area contributed by atoms with E-state index in [-0.39, 0.29) is 0 Å². The second-order valence-electron chi connectivity index (χ2n) is 21.4. The second kappa shape index (κ2) is 23.4. The Kier molecular flexibility index (Phi) is 15.5. The Morgan fingerprint density at radius 3 is 0.897 bits per heavy atom. The van der Waals surface area contributed by atoms with Gasteiger partial charge in [0.2, 0.25) is 0 Å². The van der Waals surface area contributed by atoms with Gasteiger partial charge in [0.15, 0.2) is 0 Å². The van der Waals surface area contributed by atoms with Crippen molar-refractivity contribution < 1.29 is 0 Å². The number of aromatic nitrogens is 4. The first-order valence-corrected chi connectivity index (χ1v) is 28.4. The van der Waals surface area contributed by atoms with E-state index in [4.69, 9.17) is 9.97 Å². The Bertz CT molecular complexity index is 3420. The van der Waals surface area contributed by atoms with E-state index in [1.807, 2.05) is 0 Å². The zero-order valence-electron chi connectivity index (χ0n) is 46.3. The number of anilines is 6. The molecule has 0 aliphatic carbocycles. The predicted molar refractivity (Wildman–Crippen MR) is 334 cm³/mol. The number of rotatable bonds is 18. The molecule has 0 unspecified atom stereocenters. The van der Waals surface area contributed by atoms with E-state index in [0.29, 0.717) is 0 Å². The third-order valence-corrected chi connectivity index (χ3v) is 15.5. The Hall–Kier alpha value is -8.48. The molecule has 78 heavy (non-hydrogen) atoms. The van der Waals surface area contributed by atoms with Crippen molar-refractivity contribution in [2.75, 3.05) is 9.80 Å². The summed E-state index contributed by atoms with van der Waals surface area (Å²) in [7, 11) is 0. The second-order valence-corrected chi connectivity index (χ2v) is 21.4. The van der Waals surface area contributed by atoms with Crippen LogP contribution in [0.2, 0.25) is 0 Å². The molecule has 6 heteroatoms. The largest absolute Gasteiger partial charge is 0.355 e. The van der Waals surface area contributed by atoms with Crippen LogP contribution in [0.1, 0.15) is 121 Å². The standard InChI is InChI=1S/C72H72N6/c1-7-9-11-13-15-61-63-41-45-67(73-63)71(53-25-37-59(38-26-53)77(55-29-17-49(3)18-30-55)56-31-19-50(4)20-32-56)69-47-43-65(75-69)62(16-14-12-10-8-2)66-44-48-70(76-66)72(68-46-42-64(61)74-68)54-27-39-60(40-28-54)78(57-33-21-51(5)22-34-57)58-35-23-52(6)24-36-58/h17-48,73,76H,7-16H2,1-6H3. The van der Waals surface area contributed by atoms with Crippen molar-refractivity contribution in [3.63, 3.8) is 0 Å². The van der Waals surface area contributed by atoms with E-state index in [0.717, 1.165) is 127 Å². The Morgan fingerprint density at radius 1 is 0.308 bits per heavy atom. The van der Waals surface area contributed by atoms with Crippen molar-refractivity contribution >= 4 is 80.5 Å². The van der Waals surface area contributed by atoms with Gasteiger partial charge in [-0.2, -0.15) is 0 Å². The van der Waals surface area contributed by atoms with Gasteiger partial charge in [-0.25, -0.2) is 9.97 Å². The van der Waals surface area contributed by atoms with Crippen LogP contribution in [-0.4, -0.2) is 19.9 Å². The summed E-state index contributed by atoms with van der Waals surface area (Å²) in [6.45, 7) is 13.1. The summed E-state index contributed by atoms with van der Waals surface area (Å²) in [5.41, 5.74) is 26.5. The maximum atomic E-state index is 5.62. The molecule has 0 amide bonds. The minimum Gasteiger partial charge on any atom is -0.355 e. The van der Waals surface area contributed by atoms with Gasteiger partial charge in [0.1, 0.15) is 0 Å². The Labute approximate surface area is 462 Å². The van der Waals surface area contributed by atoms with Gasteiger partial charge in [-0.15, -0.1) is 0 Å². The highest BCUT2D eigenvalue weighted by atomic mass is 15.1. The SMILES string of the molecule is CCCCCCc1c2nc(c(-c3ccc(N(c4ccc(C)cc4)c4ccc(C)cc4)cc3)c3ccc([nH]3)c(CCCCCC)c3nc(c(-c4ccc(N(c5ccc(C)cc5)c5ccc(C)cc5)cc4)c4ccc1[nH]4)C=C3)C=C2. The first-order valence-electron chi connectivity index (χ1n) is 28.4. The number of nitrogens with one attached hydrogen (secondary N) is 2. The fourth-order valence-corrected chi connectivity index (χ4v) is 11.1. The molecule has 9 aromatic rings. The van der Waals surface area contributed by atoms with E-state index in [1.54, 1.807) is 0 Å². The van der Waals surface area contributed by atoms with E-state index < -0.39 is 0 Å². The smallest absolute Gasteiger partial charge is 0.0737 e. The normalized spacial score (nSPS) is 11.9. The van der Waals surface area contributed by atoms with Gasteiger partial charge in [-0.05, 0) is 186 Å². The van der Waals surface area contributed by atoms with Crippen LogP contribution in [0.5, 0.6) is 0 Å². The van der Waals surface area contributed by atoms with Gasteiger partial charge in [-0.1, -0.05) is 147 Å². The number of aromatic amines is 2. The van der Waals surface area contributed by atoms with Crippen molar-refractivity contribution in [3.8, 4) is 22.3 Å². The van der Waals surface area contributed by atoms with Crippen LogP contribution in [0.15, 0.2) is 170 Å². The quantitative estimate of drug-likeness (QED) is 0.0841. The lowest BCUT2D eigenvalue weighted by Crippen LogP contribution is -2.09. The van der Waals surface area contributed by atoms with Crippen molar-refractivity contribution in [2.24, 2.45) is 0 Å². The molecular weight excluding hydrogens is 949 g/mol. The molecule has 8 bridgehead atoms. The lowest BCUT2D eigenvalue weighted by molar-refractivity contribution is 0.667. The number of aryl methyl sites for hydroxylation is 6. The minimum absolute atomic E-state index is 0.911. The van der Waals surface area contributed by atoms with Gasteiger partial charge in [0.05, 0.1) is 22.8 Å². The summed E-state index contributed by atoms with van der Waals surface area (Å²) >= 11 is 0. The zero-order chi connectivity index (χ0) is 53.5. The summed E-state index contributed by atoms with van der Waals surface area (Å²) in [5.74, 6) is 0. The highest BCUT2D eigenvalue weighted by Crippen LogP contribution is 2.41. The van der Waals surface area contributed by atoms with Crippen molar-refractivity contribution in [3.05, 3.63) is 226 Å². The maximum Gasteiger partial charge on any atom is 0.0737 e. The minimum atomic E-state index is 0.911. The van der Waals surface area contributed by atoms with Gasteiger partial charge in [-0.3, -0.25) is 0 Å². The molecule has 2 N–H and O–H groups in total. The van der Waals surface area contributed by atoms with Crippen molar-refractivity contribution in [1.29, 1.82) is 0 Å². The molecule has 3 aromatic heterocycles. The monoisotopic (exact) mass is 1020 g/mol. The molecule has 2 aliphatic rings. The first-order chi connectivity index (χ1) is 38.2. The fraction of sp³-hybridized carbons (Fsp3) is 0.222. The van der Waals surface area contributed by atoms with Gasteiger partial charge >= 0.3 is 0 Å². The van der Waals surface area contributed by atoms with Gasteiger partial charge in [0.25, 0.3) is 0 Å². The molecule has 6 nitrogen and oxygen atoms in total. The molecule has 2 aliphatic heterocycles. The maximum absolute atomic E-state index is 5.62. The van der Waals surface area contributed by atoms with Gasteiger partial charge in [0, 0.05) is 78.4 Å². The summed E-state index contributed by atoms with van der Waals surface area (Å²) in [6, 6.07) is 62.4. The van der Waals surface area contributed by atoms with E-state index in [2.05, 4.69) is 255 Å². The van der Waals surface area contributed by atoms with Crippen LogP contribution in [-0.2, 0) is 12.8 Å². The average Bonchev–Trinajstić information content (AvgIpc) is 4.34. The van der Waals surface area contributed by atoms with Crippen molar-refractivity contribution in [2.45, 2.75) is 106 Å². The van der Waals surface area contributed by atoms with E-state index in [1.165, 1.54) is 71.9 Å². The molecule has 11 rings (SSSR count). The Balaban J connectivity index is 1.10. The van der Waals surface area contributed by atoms with E-state index in [9.17, 15) is 0 Å². The molecule has 390 valence electrons. The third kappa shape index (κ3) is 11.2. The molecular formula is C72H72N6. The molecule has 0 saturated heterocycles. The fourth-order valence-electron chi connectivity index (χ4n) is 11.1. The highest BCUT2D eigenvalue weighted by molar-refractivity contribution is 5.95. The summed E-state index contributed by atoms with van der Waals surface area (Å²) in [5, 5.41) is 0. The van der Waals surface area contributed by atoms with Gasteiger partial charge < -0.3 is 19.8 Å². The molecule has 6 aromatic carbocycles. The van der Waals surface area contributed by atoms with Crippen LogP contribution in [0.4, 0.5) is 34.1 Å². The van der Waals surface area contributed by atoms with Crippen LogP contribution in [0.25, 0.3) is 68.6 Å². The van der Waals surface area contributed by atoms with E-state index >= 15 is 0 Å². The summed E-state index contributed by atoms with van der Waals surface area (Å²) in [6.07, 6.45) is 20.0. The molecule has 0 fully saturated rings. The third-order valence-electron chi connectivity index (χ3n) is 15.5. The topological polar surface area (TPSA) is 63.8 Å². The Morgan fingerprint density at radius 2 is 0.590 bits per heavy atom. The summed E-state index contributed by atoms with van der Waals surface area (Å²) < 4.78 is 0. The summed E-state index contributed by atoms with van der Waals surface area (Å²) in [4.78, 5) is 23.9. The zero-order valence-corrected chi connectivity index (χ0v) is 46.3. The number of unbranched alkanes of at least 4 members (excludes halogenated alkanes) is 6. The van der Waals surface area contributed by atoms with Crippen LogP contribution in [0.3, 0.4) is 0 Å². The van der Waals surface area contributed by atoms with Crippen molar-refractivity contribution in [1.82, 2.24) is 19.9 Å². The lowest BCUT2D eigenvalue weighted by atomic mass is 10.0. The number of fused-ring (bicyclic) bond motifs is 8. The average molecular weight is 1020 g/mol. The highest BCUT2D eigenvalue weighted by Gasteiger charge is 2.20. The number of benzene rings is 6. The molecule has 0 saturated carbocycles.